The van der Waals surface area contributed by atoms with Crippen LogP contribution in [0.3, 0.4) is 0 Å². The average molecular weight is 603 g/mol. The molecule has 0 amide bonds. The molecule has 3 aromatic carbocycles. The number of benzene rings is 3. The van der Waals surface area contributed by atoms with E-state index in [9.17, 15) is 8.42 Å². The first-order valence-corrected chi connectivity index (χ1v) is 14.1. The lowest BCUT2D eigenvalue weighted by molar-refractivity contribution is -0.0852. The molecule has 0 saturated heterocycles. The highest BCUT2D eigenvalue weighted by Gasteiger charge is 2.36. The van der Waals surface area contributed by atoms with E-state index in [4.69, 9.17) is 53.9 Å². The van der Waals surface area contributed by atoms with Crippen molar-refractivity contribution >= 4 is 51.1 Å². The number of ether oxygens (including phenoxy) is 2. The molecule has 0 aliphatic heterocycles. The molecule has 0 spiro atoms. The van der Waals surface area contributed by atoms with E-state index >= 15 is 4.39 Å². The lowest BCUT2D eigenvalue weighted by Crippen LogP contribution is -2.44. The summed E-state index contributed by atoms with van der Waals surface area (Å²) in [5.74, 6) is 0. The number of aryl methyl sites for hydroxylation is 2. The van der Waals surface area contributed by atoms with Crippen LogP contribution in [0, 0.1) is 19.3 Å². The van der Waals surface area contributed by atoms with E-state index in [2.05, 4.69) is 0 Å². The summed E-state index contributed by atoms with van der Waals surface area (Å²) in [6.07, 6.45) is -4.44. The highest BCUT2D eigenvalue weighted by atomic mass is 35.5. The molecule has 0 radical (unpaired) electrons. The zero-order valence-electron chi connectivity index (χ0n) is 20.7. The summed E-state index contributed by atoms with van der Waals surface area (Å²) in [4.78, 5) is -0.445. The van der Waals surface area contributed by atoms with Crippen molar-refractivity contribution in [3.8, 4) is 0 Å². The Morgan fingerprint density at radius 2 is 1.39 bits per heavy atom. The van der Waals surface area contributed by atoms with Crippen LogP contribution in [0.2, 0.25) is 15.1 Å². The third-order valence-electron chi connectivity index (χ3n) is 5.57. The Morgan fingerprint density at radius 3 is 1.95 bits per heavy atom. The molecule has 0 saturated carbocycles. The maximum Gasteiger partial charge on any atom is 0.298 e. The second kappa shape index (κ2) is 13.8. The number of rotatable bonds is 13. The lowest BCUT2D eigenvalue weighted by atomic mass is 10.1. The SMILES string of the molecule is Cc1ccc(COC[C@@H](OS(=O)(=O)c2cc(Cl)c(Cl)cc2Cl)[C@@H](OCc2ccc(C)cc2)[C@H](F)C=N)cc1. The second-order valence-electron chi connectivity index (χ2n) is 8.66. The molecule has 0 heterocycles. The van der Waals surface area contributed by atoms with Crippen molar-refractivity contribution in [3.05, 3.63) is 98.0 Å². The van der Waals surface area contributed by atoms with Crippen molar-refractivity contribution in [2.75, 3.05) is 6.61 Å². The van der Waals surface area contributed by atoms with E-state index in [-0.39, 0.29) is 34.9 Å². The van der Waals surface area contributed by atoms with Gasteiger partial charge in [0.25, 0.3) is 10.1 Å². The lowest BCUT2D eigenvalue weighted by Gasteiger charge is -2.28. The molecule has 0 unspecified atom stereocenters. The smallest absolute Gasteiger partial charge is 0.298 e. The summed E-state index contributed by atoms with van der Waals surface area (Å²) in [5, 5.41) is 7.26. The minimum absolute atomic E-state index is 0.0510. The molecule has 11 heteroatoms. The summed E-state index contributed by atoms with van der Waals surface area (Å²) in [6.45, 7) is 3.57. The van der Waals surface area contributed by atoms with Crippen molar-refractivity contribution in [3.63, 3.8) is 0 Å². The molecule has 0 aromatic heterocycles. The molecule has 0 aliphatic rings. The van der Waals surface area contributed by atoms with E-state index in [1.54, 1.807) is 12.1 Å². The first-order chi connectivity index (χ1) is 18.0. The van der Waals surface area contributed by atoms with Crippen LogP contribution in [0.5, 0.6) is 0 Å². The molecule has 1 N–H and O–H groups in total. The number of hydrogen-bond donors (Lipinski definition) is 1. The van der Waals surface area contributed by atoms with E-state index in [0.29, 0.717) is 6.21 Å². The molecule has 0 bridgehead atoms. The van der Waals surface area contributed by atoms with E-state index in [1.807, 2.05) is 50.2 Å². The highest BCUT2D eigenvalue weighted by molar-refractivity contribution is 7.87. The fourth-order valence-corrected chi connectivity index (χ4v) is 5.49. The number of hydrogen-bond acceptors (Lipinski definition) is 6. The van der Waals surface area contributed by atoms with Gasteiger partial charge in [0.1, 0.15) is 17.1 Å². The van der Waals surface area contributed by atoms with Crippen LogP contribution < -0.4 is 0 Å². The van der Waals surface area contributed by atoms with Gasteiger partial charge in [-0.05, 0) is 37.1 Å². The standard InChI is InChI=1S/C27H27Cl3FNO5S/c1-17-3-7-19(8-4-17)14-35-16-25(37-38(33,34)26-12-22(29)21(28)11-23(26)30)27(24(31)13-32)36-15-20-9-5-18(2)6-10-20/h3-13,24-25,27,32H,14-16H2,1-2H3/t24-,25-,27+/m1/s1. The molecule has 3 rings (SSSR count). The summed E-state index contributed by atoms with van der Waals surface area (Å²) in [5.41, 5.74) is 3.65. The zero-order valence-corrected chi connectivity index (χ0v) is 23.7. The van der Waals surface area contributed by atoms with Crippen LogP contribution in [-0.4, -0.2) is 39.6 Å². The Hall–Kier alpha value is -2.04. The maximum atomic E-state index is 15.0. The fourth-order valence-electron chi connectivity index (χ4n) is 3.44. The molecular formula is C27H27Cl3FNO5S. The monoisotopic (exact) mass is 601 g/mol. The van der Waals surface area contributed by atoms with Gasteiger partial charge >= 0.3 is 0 Å². The van der Waals surface area contributed by atoms with E-state index in [0.717, 1.165) is 28.3 Å². The van der Waals surface area contributed by atoms with Gasteiger partial charge in [-0.15, -0.1) is 0 Å². The Morgan fingerprint density at radius 1 is 0.868 bits per heavy atom. The Balaban J connectivity index is 1.88. The summed E-state index contributed by atoms with van der Waals surface area (Å²) < 4.78 is 58.4. The van der Waals surface area contributed by atoms with Crippen LogP contribution >= 0.6 is 34.8 Å². The minimum Gasteiger partial charge on any atom is -0.374 e. The van der Waals surface area contributed by atoms with Gasteiger partial charge in [-0.25, -0.2) is 4.39 Å². The summed E-state index contributed by atoms with van der Waals surface area (Å²) in [6, 6.07) is 17.1. The van der Waals surface area contributed by atoms with Crippen molar-refractivity contribution in [1.29, 1.82) is 5.41 Å². The first-order valence-electron chi connectivity index (χ1n) is 11.5. The Bertz CT molecular complexity index is 1340. The molecule has 0 fully saturated rings. The van der Waals surface area contributed by atoms with Crippen molar-refractivity contribution in [2.24, 2.45) is 0 Å². The van der Waals surface area contributed by atoms with E-state index in [1.165, 1.54) is 6.07 Å². The first kappa shape index (κ1) is 30.5. The fraction of sp³-hybridized carbons (Fsp3) is 0.296. The van der Waals surface area contributed by atoms with Crippen LogP contribution in [0.15, 0.2) is 65.6 Å². The van der Waals surface area contributed by atoms with Gasteiger partial charge in [-0.1, -0.05) is 94.5 Å². The number of alkyl halides is 1. The van der Waals surface area contributed by atoms with Gasteiger partial charge in [-0.2, -0.15) is 8.42 Å². The van der Waals surface area contributed by atoms with Crippen molar-refractivity contribution in [1.82, 2.24) is 0 Å². The molecule has 6 nitrogen and oxygen atoms in total. The van der Waals surface area contributed by atoms with Gasteiger partial charge in [0.15, 0.2) is 6.17 Å². The topological polar surface area (TPSA) is 85.7 Å². The van der Waals surface area contributed by atoms with Crippen molar-refractivity contribution < 1.29 is 26.5 Å². The van der Waals surface area contributed by atoms with Crippen molar-refractivity contribution in [2.45, 2.75) is 50.3 Å². The minimum atomic E-state index is -4.58. The van der Waals surface area contributed by atoms with Crippen LogP contribution in [0.25, 0.3) is 0 Å². The predicted molar refractivity (Wildman–Crippen MR) is 148 cm³/mol. The van der Waals surface area contributed by atoms with Crippen LogP contribution in [0.4, 0.5) is 4.39 Å². The van der Waals surface area contributed by atoms with E-state index < -0.39 is 33.4 Å². The second-order valence-corrected chi connectivity index (χ2v) is 11.4. The maximum absolute atomic E-state index is 15.0. The van der Waals surface area contributed by atoms with Gasteiger partial charge in [0.05, 0.1) is 34.9 Å². The molecule has 0 aliphatic carbocycles. The zero-order chi connectivity index (χ0) is 27.9. The van der Waals surface area contributed by atoms with Crippen LogP contribution in [-0.2, 0) is 37.0 Å². The Kier molecular flexibility index (Phi) is 11.1. The predicted octanol–water partition coefficient (Wildman–Crippen LogP) is 7.13. The number of halogens is 4. The number of nitrogens with one attached hydrogen (secondary N) is 1. The molecule has 3 aromatic rings. The average Bonchev–Trinajstić information content (AvgIpc) is 2.88. The normalized spacial score (nSPS) is 14.2. The summed E-state index contributed by atoms with van der Waals surface area (Å²) in [7, 11) is -4.58. The van der Waals surface area contributed by atoms with Gasteiger partial charge in [0.2, 0.25) is 0 Å². The molecule has 38 heavy (non-hydrogen) atoms. The van der Waals surface area contributed by atoms with Crippen LogP contribution in [0.1, 0.15) is 22.3 Å². The van der Waals surface area contributed by atoms with Gasteiger partial charge in [0, 0.05) is 6.21 Å². The molecular weight excluding hydrogens is 576 g/mol. The third kappa shape index (κ3) is 8.48. The largest absolute Gasteiger partial charge is 0.374 e. The highest BCUT2D eigenvalue weighted by Crippen LogP contribution is 2.33. The van der Waals surface area contributed by atoms with Gasteiger partial charge < -0.3 is 14.9 Å². The molecule has 3 atom stereocenters. The Labute approximate surface area is 237 Å². The molecule has 204 valence electrons. The third-order valence-corrected chi connectivity index (χ3v) is 8.09. The summed E-state index contributed by atoms with van der Waals surface area (Å²) >= 11 is 18.1. The quantitative estimate of drug-likeness (QED) is 0.128. The van der Waals surface area contributed by atoms with Gasteiger partial charge in [-0.3, -0.25) is 4.18 Å².